The lowest BCUT2D eigenvalue weighted by Crippen LogP contribution is -2.41. The van der Waals surface area contributed by atoms with Gasteiger partial charge >= 0.3 is 6.03 Å². The monoisotopic (exact) mass is 272 g/mol. The van der Waals surface area contributed by atoms with Crippen molar-refractivity contribution in [1.29, 1.82) is 0 Å². The van der Waals surface area contributed by atoms with Crippen molar-refractivity contribution in [3.63, 3.8) is 0 Å². The van der Waals surface area contributed by atoms with Crippen LogP contribution in [-0.4, -0.2) is 25.3 Å². The zero-order valence-electron chi connectivity index (χ0n) is 11.8. The van der Waals surface area contributed by atoms with E-state index in [1.807, 2.05) is 29.3 Å². The molecule has 0 aromatic heterocycles. The van der Waals surface area contributed by atoms with Gasteiger partial charge in [-0.15, -0.1) is 0 Å². The van der Waals surface area contributed by atoms with E-state index in [9.17, 15) is 4.79 Å². The third-order valence-electron chi connectivity index (χ3n) is 3.96. The predicted octanol–water partition coefficient (Wildman–Crippen LogP) is 2.84. The lowest BCUT2D eigenvalue weighted by molar-refractivity contribution is 0.119. The van der Waals surface area contributed by atoms with E-state index in [0.29, 0.717) is 0 Å². The number of nitrogens with zero attached hydrogens (tertiary/aromatic N) is 1. The average molecular weight is 272 g/mol. The molecule has 4 nitrogen and oxygen atoms in total. The summed E-state index contributed by atoms with van der Waals surface area (Å²) < 4.78 is 5.31. The van der Waals surface area contributed by atoms with Crippen LogP contribution in [0.5, 0.6) is 0 Å². The largest absolute Gasteiger partial charge is 0.381 e. The molecule has 1 unspecified atom stereocenters. The van der Waals surface area contributed by atoms with Crippen LogP contribution in [0.15, 0.2) is 36.0 Å². The summed E-state index contributed by atoms with van der Waals surface area (Å²) in [4.78, 5) is 14.3. The van der Waals surface area contributed by atoms with Crippen molar-refractivity contribution in [2.24, 2.45) is 0 Å². The standard InChI is InChI=1S/C16H20N2O2/c1-12-10-14-4-2-3-5-15(14)18(12)16(19)17-11-13-6-8-20-9-7-13/h2-5,11-12H,6-10H2,1H3,(H,17,19). The van der Waals surface area contributed by atoms with Gasteiger partial charge in [0.05, 0.1) is 13.2 Å². The van der Waals surface area contributed by atoms with Crippen LogP contribution in [0, 0.1) is 0 Å². The van der Waals surface area contributed by atoms with Gasteiger partial charge in [-0.3, -0.25) is 4.90 Å². The normalized spacial score (nSPS) is 21.6. The Morgan fingerprint density at radius 3 is 2.90 bits per heavy atom. The van der Waals surface area contributed by atoms with Crippen molar-refractivity contribution in [2.45, 2.75) is 32.2 Å². The van der Waals surface area contributed by atoms with Gasteiger partial charge in [0.15, 0.2) is 0 Å². The highest BCUT2D eigenvalue weighted by Crippen LogP contribution is 2.31. The molecule has 20 heavy (non-hydrogen) atoms. The minimum atomic E-state index is -0.0403. The fourth-order valence-corrected chi connectivity index (χ4v) is 2.89. The Morgan fingerprint density at radius 2 is 2.10 bits per heavy atom. The third-order valence-corrected chi connectivity index (χ3v) is 3.96. The highest BCUT2D eigenvalue weighted by molar-refractivity contribution is 5.95. The third kappa shape index (κ3) is 2.56. The quantitative estimate of drug-likeness (QED) is 0.854. The van der Waals surface area contributed by atoms with E-state index in [0.717, 1.165) is 38.2 Å². The minimum Gasteiger partial charge on any atom is -0.381 e. The molecule has 106 valence electrons. The molecule has 0 radical (unpaired) electrons. The van der Waals surface area contributed by atoms with Crippen molar-refractivity contribution < 1.29 is 9.53 Å². The molecular weight excluding hydrogens is 252 g/mol. The van der Waals surface area contributed by atoms with Gasteiger partial charge in [-0.1, -0.05) is 18.2 Å². The number of anilines is 1. The molecule has 1 aromatic rings. The molecule has 4 heteroatoms. The first-order valence-corrected chi connectivity index (χ1v) is 7.19. The Labute approximate surface area is 119 Å². The van der Waals surface area contributed by atoms with E-state index < -0.39 is 0 Å². The molecule has 0 aliphatic carbocycles. The van der Waals surface area contributed by atoms with Crippen LogP contribution in [0.4, 0.5) is 10.5 Å². The van der Waals surface area contributed by atoms with Crippen molar-refractivity contribution in [2.75, 3.05) is 18.1 Å². The topological polar surface area (TPSA) is 41.6 Å². The van der Waals surface area contributed by atoms with Crippen LogP contribution in [0.25, 0.3) is 0 Å². The second kappa shape index (κ2) is 5.67. The first kappa shape index (κ1) is 13.2. The van der Waals surface area contributed by atoms with Gasteiger partial charge in [-0.25, -0.2) is 4.79 Å². The molecule has 1 atom stereocenters. The number of hydrogen-bond acceptors (Lipinski definition) is 2. The lowest BCUT2D eigenvalue weighted by atomic mass is 10.1. The highest BCUT2D eigenvalue weighted by Gasteiger charge is 2.30. The van der Waals surface area contributed by atoms with Gasteiger partial charge in [0.1, 0.15) is 0 Å². The van der Waals surface area contributed by atoms with E-state index >= 15 is 0 Å². The zero-order valence-corrected chi connectivity index (χ0v) is 11.8. The number of urea groups is 1. The van der Waals surface area contributed by atoms with Crippen molar-refractivity contribution in [3.05, 3.63) is 41.6 Å². The molecular formula is C16H20N2O2. The van der Waals surface area contributed by atoms with E-state index in [1.165, 1.54) is 11.1 Å². The van der Waals surface area contributed by atoms with E-state index in [4.69, 9.17) is 4.74 Å². The maximum atomic E-state index is 12.4. The molecule has 0 saturated carbocycles. The Morgan fingerprint density at radius 1 is 1.35 bits per heavy atom. The molecule has 3 rings (SSSR count). The van der Waals surface area contributed by atoms with Crippen LogP contribution >= 0.6 is 0 Å². The molecule has 2 aliphatic heterocycles. The van der Waals surface area contributed by atoms with Crippen molar-refractivity contribution in [1.82, 2.24) is 5.32 Å². The average Bonchev–Trinajstić information content (AvgIpc) is 2.82. The van der Waals surface area contributed by atoms with Gasteiger partial charge in [-0.05, 0) is 43.4 Å². The number of carbonyl (C=O) groups is 1. The maximum Gasteiger partial charge on any atom is 0.326 e. The fourth-order valence-electron chi connectivity index (χ4n) is 2.89. The summed E-state index contributed by atoms with van der Waals surface area (Å²) in [5.74, 6) is 0. The summed E-state index contributed by atoms with van der Waals surface area (Å²) in [5, 5.41) is 2.94. The summed E-state index contributed by atoms with van der Waals surface area (Å²) >= 11 is 0. The number of para-hydroxylation sites is 1. The molecule has 2 aliphatic rings. The van der Waals surface area contributed by atoms with Crippen LogP contribution in [0.3, 0.4) is 0 Å². The number of benzene rings is 1. The number of ether oxygens (including phenoxy) is 1. The summed E-state index contributed by atoms with van der Waals surface area (Å²) in [6, 6.07) is 8.28. The molecule has 1 aromatic carbocycles. The van der Waals surface area contributed by atoms with E-state index in [1.54, 1.807) is 0 Å². The summed E-state index contributed by atoms with van der Waals surface area (Å²) in [5.41, 5.74) is 3.53. The highest BCUT2D eigenvalue weighted by atomic mass is 16.5. The maximum absolute atomic E-state index is 12.4. The van der Waals surface area contributed by atoms with Crippen LogP contribution in [-0.2, 0) is 11.2 Å². The summed E-state index contributed by atoms with van der Waals surface area (Å²) in [6.45, 7) is 3.59. The molecule has 2 amide bonds. The zero-order chi connectivity index (χ0) is 13.9. The van der Waals surface area contributed by atoms with Crippen LogP contribution < -0.4 is 10.2 Å². The second-order valence-electron chi connectivity index (χ2n) is 5.42. The first-order chi connectivity index (χ1) is 9.75. The van der Waals surface area contributed by atoms with Crippen molar-refractivity contribution >= 4 is 11.7 Å². The Hall–Kier alpha value is -1.81. The number of fused-ring (bicyclic) bond motifs is 1. The van der Waals surface area contributed by atoms with Gasteiger partial charge in [-0.2, -0.15) is 0 Å². The van der Waals surface area contributed by atoms with Crippen LogP contribution in [0.2, 0.25) is 0 Å². The first-order valence-electron chi connectivity index (χ1n) is 7.19. The second-order valence-corrected chi connectivity index (χ2v) is 5.42. The number of amides is 2. The lowest BCUT2D eigenvalue weighted by Gasteiger charge is -2.23. The van der Waals surface area contributed by atoms with E-state index in [-0.39, 0.29) is 12.1 Å². The minimum absolute atomic E-state index is 0.0403. The Bertz CT molecular complexity index is 531. The number of rotatable bonds is 1. The van der Waals surface area contributed by atoms with Crippen LogP contribution in [0.1, 0.15) is 25.3 Å². The molecule has 0 bridgehead atoms. The van der Waals surface area contributed by atoms with Gasteiger partial charge < -0.3 is 10.1 Å². The number of carbonyl (C=O) groups excluding carboxylic acids is 1. The summed E-state index contributed by atoms with van der Waals surface area (Å²) in [6.07, 6.45) is 4.60. The Balaban J connectivity index is 1.71. The van der Waals surface area contributed by atoms with Gasteiger partial charge in [0, 0.05) is 17.9 Å². The molecule has 1 fully saturated rings. The number of hydrogen-bond donors (Lipinski definition) is 1. The molecule has 1 saturated heterocycles. The Kier molecular flexibility index (Phi) is 3.74. The molecule has 2 heterocycles. The number of nitrogens with one attached hydrogen (secondary N) is 1. The molecule has 1 N–H and O–H groups in total. The van der Waals surface area contributed by atoms with Crippen molar-refractivity contribution in [3.8, 4) is 0 Å². The van der Waals surface area contributed by atoms with E-state index in [2.05, 4.69) is 18.3 Å². The SMILES string of the molecule is CC1Cc2ccccc2N1C(=O)NC=C1CCOCC1. The smallest absolute Gasteiger partial charge is 0.326 e. The predicted molar refractivity (Wildman–Crippen MR) is 78.8 cm³/mol. The van der Waals surface area contributed by atoms with Gasteiger partial charge in [0.25, 0.3) is 0 Å². The summed E-state index contributed by atoms with van der Waals surface area (Å²) in [7, 11) is 0. The van der Waals surface area contributed by atoms with Gasteiger partial charge in [0.2, 0.25) is 0 Å². The fraction of sp³-hybridized carbons (Fsp3) is 0.438. The molecule has 0 spiro atoms.